The fourth-order valence-corrected chi connectivity index (χ4v) is 2.21. The fourth-order valence-electron chi connectivity index (χ4n) is 2.21. The van der Waals surface area contributed by atoms with Crippen molar-refractivity contribution in [3.8, 4) is 0 Å². The Labute approximate surface area is 99.6 Å². The standard InChI is InChI=1S/C12H17N3O2/c13-5-3-9-4-6-15(8-9)12(17)10-1-2-11(16)14-7-10/h1-2,7,9H,3-6,8,13H2,(H,14,16). The maximum Gasteiger partial charge on any atom is 0.255 e. The minimum absolute atomic E-state index is 0.0132. The second-order valence-corrected chi connectivity index (χ2v) is 4.42. The number of hydrogen-bond donors (Lipinski definition) is 2. The lowest BCUT2D eigenvalue weighted by Gasteiger charge is -2.16. The first kappa shape index (κ1) is 11.9. The summed E-state index contributed by atoms with van der Waals surface area (Å²) >= 11 is 0. The molecule has 17 heavy (non-hydrogen) atoms. The molecule has 0 radical (unpaired) electrons. The van der Waals surface area contributed by atoms with Crippen LogP contribution in [0.25, 0.3) is 0 Å². The van der Waals surface area contributed by atoms with E-state index in [0.29, 0.717) is 18.0 Å². The van der Waals surface area contributed by atoms with E-state index in [0.717, 1.165) is 25.9 Å². The van der Waals surface area contributed by atoms with E-state index in [-0.39, 0.29) is 11.5 Å². The molecule has 1 fully saturated rings. The van der Waals surface area contributed by atoms with Gasteiger partial charge in [0.2, 0.25) is 5.56 Å². The van der Waals surface area contributed by atoms with Crippen molar-refractivity contribution in [3.63, 3.8) is 0 Å². The largest absolute Gasteiger partial charge is 0.338 e. The van der Waals surface area contributed by atoms with E-state index in [2.05, 4.69) is 4.98 Å². The molecular formula is C12H17N3O2. The monoisotopic (exact) mass is 235 g/mol. The number of aromatic nitrogens is 1. The van der Waals surface area contributed by atoms with Crippen LogP contribution in [0, 0.1) is 5.92 Å². The maximum atomic E-state index is 12.1. The smallest absolute Gasteiger partial charge is 0.255 e. The average Bonchev–Trinajstić information content (AvgIpc) is 2.78. The summed E-state index contributed by atoms with van der Waals surface area (Å²) in [5.74, 6) is 0.507. The first-order valence-corrected chi connectivity index (χ1v) is 5.89. The predicted octanol–water partition coefficient (Wildman–Crippen LogP) is 0.186. The number of nitrogens with zero attached hydrogens (tertiary/aromatic N) is 1. The number of amides is 1. The number of hydrogen-bond acceptors (Lipinski definition) is 3. The number of aromatic amines is 1. The summed E-state index contributed by atoms with van der Waals surface area (Å²) in [5, 5.41) is 0. The predicted molar refractivity (Wildman–Crippen MR) is 64.7 cm³/mol. The second kappa shape index (κ2) is 5.14. The lowest BCUT2D eigenvalue weighted by Crippen LogP contribution is -2.29. The van der Waals surface area contributed by atoms with Crippen LogP contribution in [0.15, 0.2) is 23.1 Å². The number of pyridine rings is 1. The third-order valence-electron chi connectivity index (χ3n) is 3.18. The highest BCUT2D eigenvalue weighted by Gasteiger charge is 2.26. The molecule has 0 aliphatic carbocycles. The zero-order valence-electron chi connectivity index (χ0n) is 9.69. The Morgan fingerprint density at radius 2 is 2.35 bits per heavy atom. The van der Waals surface area contributed by atoms with Crippen LogP contribution >= 0.6 is 0 Å². The molecule has 0 spiro atoms. The van der Waals surface area contributed by atoms with Gasteiger partial charge in [-0.1, -0.05) is 0 Å². The molecule has 1 aliphatic heterocycles. The summed E-state index contributed by atoms with van der Waals surface area (Å²) < 4.78 is 0. The van der Waals surface area contributed by atoms with Crippen LogP contribution in [0.4, 0.5) is 0 Å². The van der Waals surface area contributed by atoms with E-state index in [1.807, 2.05) is 4.90 Å². The van der Waals surface area contributed by atoms with Gasteiger partial charge in [0.25, 0.3) is 5.91 Å². The molecule has 2 rings (SSSR count). The molecular weight excluding hydrogens is 218 g/mol. The van der Waals surface area contributed by atoms with Gasteiger partial charge in [-0.2, -0.15) is 0 Å². The fraction of sp³-hybridized carbons (Fsp3) is 0.500. The van der Waals surface area contributed by atoms with E-state index in [9.17, 15) is 9.59 Å². The molecule has 1 aromatic heterocycles. The Kier molecular flexibility index (Phi) is 3.58. The second-order valence-electron chi connectivity index (χ2n) is 4.42. The molecule has 0 aromatic carbocycles. The minimum atomic E-state index is -0.191. The number of H-pyrrole nitrogens is 1. The van der Waals surface area contributed by atoms with Gasteiger partial charge in [0.1, 0.15) is 0 Å². The normalized spacial score (nSPS) is 19.6. The van der Waals surface area contributed by atoms with Crippen LogP contribution in [-0.4, -0.2) is 35.4 Å². The Morgan fingerprint density at radius 3 is 3.00 bits per heavy atom. The molecule has 1 unspecified atom stereocenters. The van der Waals surface area contributed by atoms with Crippen molar-refractivity contribution in [2.75, 3.05) is 19.6 Å². The van der Waals surface area contributed by atoms with E-state index in [1.165, 1.54) is 12.3 Å². The summed E-state index contributed by atoms with van der Waals surface area (Å²) in [6, 6.07) is 2.94. The molecule has 1 saturated heterocycles. The molecule has 5 nitrogen and oxygen atoms in total. The van der Waals surface area contributed by atoms with Gasteiger partial charge in [-0.05, 0) is 31.4 Å². The van der Waals surface area contributed by atoms with E-state index in [4.69, 9.17) is 5.73 Å². The van der Waals surface area contributed by atoms with Gasteiger partial charge in [-0.25, -0.2) is 0 Å². The molecule has 3 N–H and O–H groups in total. The number of nitrogens with one attached hydrogen (secondary N) is 1. The van der Waals surface area contributed by atoms with Crippen LogP contribution in [0.3, 0.4) is 0 Å². The van der Waals surface area contributed by atoms with Gasteiger partial charge in [0, 0.05) is 25.4 Å². The van der Waals surface area contributed by atoms with Crippen LogP contribution in [0.2, 0.25) is 0 Å². The lowest BCUT2D eigenvalue weighted by atomic mass is 10.1. The number of carbonyl (C=O) groups excluding carboxylic acids is 1. The molecule has 0 bridgehead atoms. The van der Waals surface area contributed by atoms with Crippen molar-refractivity contribution < 1.29 is 4.79 Å². The first-order valence-electron chi connectivity index (χ1n) is 5.89. The SMILES string of the molecule is NCCC1CCN(C(=O)c2ccc(=O)[nH]c2)C1. The van der Waals surface area contributed by atoms with Crippen molar-refractivity contribution in [2.24, 2.45) is 11.7 Å². The van der Waals surface area contributed by atoms with Gasteiger partial charge >= 0.3 is 0 Å². The third-order valence-corrected chi connectivity index (χ3v) is 3.18. The van der Waals surface area contributed by atoms with Gasteiger partial charge in [-0.15, -0.1) is 0 Å². The Morgan fingerprint density at radius 1 is 1.53 bits per heavy atom. The van der Waals surface area contributed by atoms with Gasteiger partial charge < -0.3 is 15.6 Å². The van der Waals surface area contributed by atoms with Gasteiger partial charge in [-0.3, -0.25) is 9.59 Å². The summed E-state index contributed by atoms with van der Waals surface area (Å²) in [6.07, 6.45) is 3.46. The molecule has 5 heteroatoms. The highest BCUT2D eigenvalue weighted by molar-refractivity contribution is 5.94. The Bertz CT molecular complexity index is 435. The Hall–Kier alpha value is -1.62. The third kappa shape index (κ3) is 2.74. The zero-order chi connectivity index (χ0) is 12.3. The van der Waals surface area contributed by atoms with Crippen molar-refractivity contribution in [2.45, 2.75) is 12.8 Å². The summed E-state index contributed by atoms with van der Waals surface area (Å²) in [4.78, 5) is 27.3. The van der Waals surface area contributed by atoms with Crippen LogP contribution in [-0.2, 0) is 0 Å². The summed E-state index contributed by atoms with van der Waals surface area (Å²) in [7, 11) is 0. The molecule has 92 valence electrons. The topological polar surface area (TPSA) is 79.2 Å². The lowest BCUT2D eigenvalue weighted by molar-refractivity contribution is 0.0786. The number of rotatable bonds is 3. The van der Waals surface area contributed by atoms with Crippen molar-refractivity contribution >= 4 is 5.91 Å². The van der Waals surface area contributed by atoms with Crippen LogP contribution in [0.5, 0.6) is 0 Å². The quantitative estimate of drug-likeness (QED) is 0.784. The van der Waals surface area contributed by atoms with Crippen molar-refractivity contribution in [1.82, 2.24) is 9.88 Å². The van der Waals surface area contributed by atoms with Gasteiger partial charge in [0.05, 0.1) is 5.56 Å². The molecule has 2 heterocycles. The maximum absolute atomic E-state index is 12.1. The molecule has 1 aliphatic rings. The summed E-state index contributed by atoms with van der Waals surface area (Å²) in [5.41, 5.74) is 5.86. The molecule has 1 aromatic rings. The first-order chi connectivity index (χ1) is 8.20. The summed E-state index contributed by atoms with van der Waals surface area (Å²) in [6.45, 7) is 2.23. The number of likely N-dealkylation sites (tertiary alicyclic amines) is 1. The van der Waals surface area contributed by atoms with Crippen LogP contribution < -0.4 is 11.3 Å². The molecule has 1 atom stereocenters. The van der Waals surface area contributed by atoms with E-state index in [1.54, 1.807) is 6.07 Å². The molecule has 1 amide bonds. The Balaban J connectivity index is 2.02. The van der Waals surface area contributed by atoms with Gasteiger partial charge in [0.15, 0.2) is 0 Å². The average molecular weight is 235 g/mol. The van der Waals surface area contributed by atoms with Crippen molar-refractivity contribution in [1.29, 1.82) is 0 Å². The van der Waals surface area contributed by atoms with Crippen LogP contribution in [0.1, 0.15) is 23.2 Å². The highest BCUT2D eigenvalue weighted by Crippen LogP contribution is 2.20. The van der Waals surface area contributed by atoms with E-state index < -0.39 is 0 Å². The number of nitrogens with two attached hydrogens (primary N) is 1. The highest BCUT2D eigenvalue weighted by atomic mass is 16.2. The number of carbonyl (C=O) groups is 1. The van der Waals surface area contributed by atoms with Crippen molar-refractivity contribution in [3.05, 3.63) is 34.2 Å². The molecule has 0 saturated carbocycles. The zero-order valence-corrected chi connectivity index (χ0v) is 9.69. The minimum Gasteiger partial charge on any atom is -0.338 e. The van der Waals surface area contributed by atoms with E-state index >= 15 is 0 Å².